The van der Waals surface area contributed by atoms with E-state index in [2.05, 4.69) is 0 Å². The first kappa shape index (κ1) is 10.5. The van der Waals surface area contributed by atoms with Gasteiger partial charge < -0.3 is 4.74 Å². The van der Waals surface area contributed by atoms with Crippen LogP contribution in [0.25, 0.3) is 0 Å². The summed E-state index contributed by atoms with van der Waals surface area (Å²) >= 11 is 0. The van der Waals surface area contributed by atoms with E-state index in [0.29, 0.717) is 11.1 Å². The van der Waals surface area contributed by atoms with Crippen molar-refractivity contribution < 1.29 is 9.13 Å². The first-order valence-corrected chi connectivity index (χ1v) is 4.37. The van der Waals surface area contributed by atoms with Gasteiger partial charge >= 0.3 is 0 Å². The zero-order valence-corrected chi connectivity index (χ0v) is 8.47. The van der Waals surface area contributed by atoms with Crippen LogP contribution in [0.1, 0.15) is 30.9 Å². The zero-order valence-electron chi connectivity index (χ0n) is 8.47. The van der Waals surface area contributed by atoms with E-state index in [1.165, 1.54) is 13.2 Å². The summed E-state index contributed by atoms with van der Waals surface area (Å²) in [5, 5.41) is 8.73. The number of hydrogen-bond donors (Lipinski definition) is 0. The molecule has 1 aromatic carbocycles. The Kier molecular flexibility index (Phi) is 3.08. The molecule has 1 rings (SSSR count). The lowest BCUT2D eigenvalue weighted by atomic mass is 10.00. The number of nitriles is 1. The number of rotatable bonds is 2. The highest BCUT2D eigenvalue weighted by molar-refractivity contribution is 5.43. The molecule has 0 aliphatic heterocycles. The van der Waals surface area contributed by atoms with Crippen molar-refractivity contribution in [1.82, 2.24) is 0 Å². The summed E-state index contributed by atoms with van der Waals surface area (Å²) < 4.78 is 18.5. The number of hydrogen-bond acceptors (Lipinski definition) is 2. The average Bonchev–Trinajstić information content (AvgIpc) is 2.17. The Labute approximate surface area is 82.9 Å². The smallest absolute Gasteiger partial charge is 0.168 e. The van der Waals surface area contributed by atoms with E-state index in [-0.39, 0.29) is 17.5 Å². The summed E-state index contributed by atoms with van der Waals surface area (Å²) in [4.78, 5) is 0. The Bertz CT molecular complexity index is 380. The van der Waals surface area contributed by atoms with Crippen LogP contribution in [0.4, 0.5) is 4.39 Å². The second-order valence-electron chi connectivity index (χ2n) is 3.35. The van der Waals surface area contributed by atoms with Crippen molar-refractivity contribution >= 4 is 0 Å². The van der Waals surface area contributed by atoms with Crippen LogP contribution in [0, 0.1) is 17.1 Å². The monoisotopic (exact) mass is 193 g/mol. The van der Waals surface area contributed by atoms with Gasteiger partial charge in [0.1, 0.15) is 0 Å². The van der Waals surface area contributed by atoms with E-state index in [1.807, 2.05) is 19.9 Å². The molecule has 0 atom stereocenters. The Hall–Kier alpha value is -1.56. The molecule has 0 aliphatic rings. The van der Waals surface area contributed by atoms with Crippen LogP contribution in [-0.4, -0.2) is 7.11 Å². The number of methoxy groups -OCH3 is 1. The van der Waals surface area contributed by atoms with Crippen LogP contribution in [0.3, 0.4) is 0 Å². The van der Waals surface area contributed by atoms with Crippen molar-refractivity contribution in [2.24, 2.45) is 0 Å². The summed E-state index contributed by atoms with van der Waals surface area (Å²) in [5.74, 6) is -0.202. The number of nitrogens with zero attached hydrogens (tertiary/aromatic N) is 1. The summed E-state index contributed by atoms with van der Waals surface area (Å²) in [6.45, 7) is 3.75. The molecule has 0 bridgehead atoms. The maximum Gasteiger partial charge on any atom is 0.168 e. The maximum absolute atomic E-state index is 13.6. The minimum atomic E-state index is -0.374. The minimum absolute atomic E-state index is 0.0391. The molecule has 74 valence electrons. The molecule has 14 heavy (non-hydrogen) atoms. The third kappa shape index (κ3) is 1.85. The standard InChI is InChI=1S/C11H12FNO/c1-7(2)9-4-8(6-13)5-10(14-3)11(9)12/h4-5,7H,1-3H3. The Morgan fingerprint density at radius 1 is 1.43 bits per heavy atom. The van der Waals surface area contributed by atoms with Gasteiger partial charge in [-0.3, -0.25) is 0 Å². The van der Waals surface area contributed by atoms with Crippen LogP contribution in [0.2, 0.25) is 0 Å². The molecule has 0 N–H and O–H groups in total. The Balaban J connectivity index is 3.36. The van der Waals surface area contributed by atoms with Gasteiger partial charge in [-0.15, -0.1) is 0 Å². The molecule has 1 aromatic rings. The van der Waals surface area contributed by atoms with Crippen molar-refractivity contribution in [3.05, 3.63) is 29.1 Å². The molecule has 0 spiro atoms. The van der Waals surface area contributed by atoms with Crippen molar-refractivity contribution in [2.45, 2.75) is 19.8 Å². The summed E-state index contributed by atoms with van der Waals surface area (Å²) in [6.07, 6.45) is 0. The number of benzene rings is 1. The predicted octanol–water partition coefficient (Wildman–Crippen LogP) is 2.83. The van der Waals surface area contributed by atoms with Gasteiger partial charge in [-0.25, -0.2) is 4.39 Å². The Morgan fingerprint density at radius 2 is 2.07 bits per heavy atom. The number of halogens is 1. The maximum atomic E-state index is 13.6. The van der Waals surface area contributed by atoms with Gasteiger partial charge in [-0.1, -0.05) is 13.8 Å². The third-order valence-electron chi connectivity index (χ3n) is 2.04. The van der Waals surface area contributed by atoms with Gasteiger partial charge in [0.25, 0.3) is 0 Å². The van der Waals surface area contributed by atoms with Gasteiger partial charge in [0, 0.05) is 6.07 Å². The average molecular weight is 193 g/mol. The van der Waals surface area contributed by atoms with Gasteiger partial charge in [0.15, 0.2) is 11.6 Å². The van der Waals surface area contributed by atoms with Crippen molar-refractivity contribution in [3.8, 4) is 11.8 Å². The van der Waals surface area contributed by atoms with Gasteiger partial charge in [0.2, 0.25) is 0 Å². The van der Waals surface area contributed by atoms with Crippen LogP contribution >= 0.6 is 0 Å². The highest BCUT2D eigenvalue weighted by Crippen LogP contribution is 2.27. The Morgan fingerprint density at radius 3 is 2.50 bits per heavy atom. The fourth-order valence-electron chi connectivity index (χ4n) is 1.25. The zero-order chi connectivity index (χ0) is 10.7. The second kappa shape index (κ2) is 4.10. The molecule has 0 aromatic heterocycles. The molecular formula is C11H12FNO. The van der Waals surface area contributed by atoms with Crippen molar-refractivity contribution in [1.29, 1.82) is 5.26 Å². The van der Waals surface area contributed by atoms with Crippen molar-refractivity contribution in [3.63, 3.8) is 0 Å². The molecule has 0 saturated heterocycles. The lowest BCUT2D eigenvalue weighted by molar-refractivity contribution is 0.383. The van der Waals surface area contributed by atoms with Gasteiger partial charge in [0.05, 0.1) is 18.7 Å². The summed E-state index contributed by atoms with van der Waals surface area (Å²) in [7, 11) is 1.39. The molecule has 0 unspecified atom stereocenters. The molecule has 2 nitrogen and oxygen atoms in total. The van der Waals surface area contributed by atoms with E-state index in [4.69, 9.17) is 10.00 Å². The SMILES string of the molecule is COc1cc(C#N)cc(C(C)C)c1F. The highest BCUT2D eigenvalue weighted by atomic mass is 19.1. The lowest BCUT2D eigenvalue weighted by Gasteiger charge is -2.10. The minimum Gasteiger partial charge on any atom is -0.494 e. The second-order valence-corrected chi connectivity index (χ2v) is 3.35. The summed E-state index contributed by atoms with van der Waals surface area (Å²) in [5.41, 5.74) is 0.938. The first-order valence-electron chi connectivity index (χ1n) is 4.37. The highest BCUT2D eigenvalue weighted by Gasteiger charge is 2.13. The van der Waals surface area contributed by atoms with E-state index >= 15 is 0 Å². The predicted molar refractivity (Wildman–Crippen MR) is 51.8 cm³/mol. The van der Waals surface area contributed by atoms with Crippen LogP contribution < -0.4 is 4.74 Å². The molecule has 0 fully saturated rings. The fourth-order valence-corrected chi connectivity index (χ4v) is 1.25. The fraction of sp³-hybridized carbons (Fsp3) is 0.364. The molecule has 0 amide bonds. The quantitative estimate of drug-likeness (QED) is 0.723. The summed E-state index contributed by atoms with van der Waals surface area (Å²) in [6, 6.07) is 4.94. The normalized spacial score (nSPS) is 10.0. The van der Waals surface area contributed by atoms with E-state index in [1.54, 1.807) is 6.07 Å². The molecule has 0 radical (unpaired) electrons. The van der Waals surface area contributed by atoms with Crippen LogP contribution in [0.5, 0.6) is 5.75 Å². The molecule has 3 heteroatoms. The van der Waals surface area contributed by atoms with Crippen LogP contribution in [0.15, 0.2) is 12.1 Å². The van der Waals surface area contributed by atoms with Gasteiger partial charge in [-0.05, 0) is 17.5 Å². The molecule has 0 saturated carbocycles. The van der Waals surface area contributed by atoms with Crippen molar-refractivity contribution in [2.75, 3.05) is 7.11 Å². The number of ether oxygens (including phenoxy) is 1. The first-order chi connectivity index (χ1) is 6.60. The molecular weight excluding hydrogens is 181 g/mol. The molecule has 0 heterocycles. The topological polar surface area (TPSA) is 33.0 Å². The van der Waals surface area contributed by atoms with Gasteiger partial charge in [-0.2, -0.15) is 5.26 Å². The van der Waals surface area contributed by atoms with Crippen LogP contribution in [-0.2, 0) is 0 Å². The van der Waals surface area contributed by atoms with E-state index < -0.39 is 0 Å². The van der Waals surface area contributed by atoms with E-state index in [0.717, 1.165) is 0 Å². The lowest BCUT2D eigenvalue weighted by Crippen LogP contribution is -1.98. The third-order valence-corrected chi connectivity index (χ3v) is 2.04. The molecule has 0 aliphatic carbocycles. The van der Waals surface area contributed by atoms with E-state index in [9.17, 15) is 4.39 Å². The largest absolute Gasteiger partial charge is 0.494 e.